The van der Waals surface area contributed by atoms with E-state index in [9.17, 15) is 0 Å². The normalized spacial score (nSPS) is 13.6. The van der Waals surface area contributed by atoms with Gasteiger partial charge in [0.25, 0.3) is 0 Å². The molecule has 0 rings (SSSR count). The highest BCUT2D eigenvalue weighted by Gasteiger charge is 1.98. The minimum atomic E-state index is 0.735. The van der Waals surface area contributed by atoms with Gasteiger partial charge in [-0.15, -0.1) is 0 Å². The van der Waals surface area contributed by atoms with E-state index in [1.807, 2.05) is 0 Å². The molecule has 0 fully saturated rings. The lowest BCUT2D eigenvalue weighted by molar-refractivity contribution is 0.321. The molecule has 11 heavy (non-hydrogen) atoms. The molecule has 2 heteroatoms. The van der Waals surface area contributed by atoms with Crippen molar-refractivity contribution in [2.75, 3.05) is 0 Å². The number of oxime groups is 1. The van der Waals surface area contributed by atoms with Crippen LogP contribution in [0.5, 0.6) is 0 Å². The molecule has 0 radical (unpaired) electrons. The summed E-state index contributed by atoms with van der Waals surface area (Å²) >= 11 is 0. The van der Waals surface area contributed by atoms with Crippen LogP contribution in [0.2, 0.25) is 0 Å². The molecule has 0 unspecified atom stereocenters. The predicted octanol–water partition coefficient (Wildman–Crippen LogP) is 2.83. The molecule has 0 aromatic rings. The van der Waals surface area contributed by atoms with Crippen LogP contribution in [0, 0.1) is 5.92 Å². The summed E-state index contributed by atoms with van der Waals surface area (Å²) in [7, 11) is 0. The Balaban J connectivity index is 3.45. The van der Waals surface area contributed by atoms with Crippen molar-refractivity contribution in [3.05, 3.63) is 12.2 Å². The number of allylic oxidation sites excluding steroid dienone is 1. The molecule has 0 aromatic carbocycles. The van der Waals surface area contributed by atoms with E-state index in [4.69, 9.17) is 5.21 Å². The molecular formula is C9H17NO. The summed E-state index contributed by atoms with van der Waals surface area (Å²) in [5.74, 6) is 0.735. The topological polar surface area (TPSA) is 32.6 Å². The molecule has 0 saturated heterocycles. The summed E-state index contributed by atoms with van der Waals surface area (Å²) in [6, 6.07) is 0. The van der Waals surface area contributed by atoms with Crippen molar-refractivity contribution in [2.45, 2.75) is 33.1 Å². The van der Waals surface area contributed by atoms with Crippen LogP contribution in [0.25, 0.3) is 0 Å². The van der Waals surface area contributed by atoms with Gasteiger partial charge in [0.15, 0.2) is 0 Å². The Morgan fingerprint density at radius 3 is 2.82 bits per heavy atom. The van der Waals surface area contributed by atoms with Gasteiger partial charge >= 0.3 is 0 Å². The lowest BCUT2D eigenvalue weighted by atomic mass is 10.0. The van der Waals surface area contributed by atoms with E-state index in [1.165, 1.54) is 12.6 Å². The molecule has 0 aliphatic rings. The highest BCUT2D eigenvalue weighted by molar-refractivity contribution is 5.76. The molecule has 0 aliphatic heterocycles. The second-order valence-corrected chi connectivity index (χ2v) is 2.95. The van der Waals surface area contributed by atoms with Crippen molar-refractivity contribution in [2.24, 2.45) is 11.1 Å². The Bertz CT molecular complexity index is 140. The van der Waals surface area contributed by atoms with Gasteiger partial charge in [0.2, 0.25) is 0 Å². The van der Waals surface area contributed by atoms with Gasteiger partial charge in [-0.05, 0) is 24.3 Å². The van der Waals surface area contributed by atoms with Crippen molar-refractivity contribution >= 4 is 6.21 Å². The first-order chi connectivity index (χ1) is 5.20. The fraction of sp³-hybridized carbons (Fsp3) is 0.667. The van der Waals surface area contributed by atoms with Gasteiger partial charge < -0.3 is 5.21 Å². The maximum atomic E-state index is 8.17. The molecule has 0 saturated carbocycles. The SMILES string of the molecule is C=C(/C=N/O)CC[C@@H](C)CC. The molecule has 2 nitrogen and oxygen atoms in total. The zero-order valence-electron chi connectivity index (χ0n) is 7.38. The third kappa shape index (κ3) is 5.64. The van der Waals surface area contributed by atoms with Crippen molar-refractivity contribution in [1.29, 1.82) is 0 Å². The van der Waals surface area contributed by atoms with Crippen molar-refractivity contribution in [3.63, 3.8) is 0 Å². The highest BCUT2D eigenvalue weighted by atomic mass is 16.4. The molecular weight excluding hydrogens is 138 g/mol. The fourth-order valence-electron chi connectivity index (χ4n) is 0.782. The molecule has 0 aliphatic carbocycles. The van der Waals surface area contributed by atoms with Crippen molar-refractivity contribution < 1.29 is 5.21 Å². The first-order valence-electron chi connectivity index (χ1n) is 4.05. The first kappa shape index (κ1) is 10.2. The molecule has 1 N–H and O–H groups in total. The Morgan fingerprint density at radius 1 is 1.73 bits per heavy atom. The van der Waals surface area contributed by atoms with E-state index >= 15 is 0 Å². The number of hydrogen-bond acceptors (Lipinski definition) is 2. The predicted molar refractivity (Wildman–Crippen MR) is 48.1 cm³/mol. The third-order valence-electron chi connectivity index (χ3n) is 1.90. The number of rotatable bonds is 5. The summed E-state index contributed by atoms with van der Waals surface area (Å²) in [4.78, 5) is 0. The van der Waals surface area contributed by atoms with Crippen molar-refractivity contribution in [3.8, 4) is 0 Å². The van der Waals surface area contributed by atoms with Gasteiger partial charge in [0.05, 0.1) is 6.21 Å². The maximum absolute atomic E-state index is 8.17. The molecule has 1 atom stereocenters. The molecule has 0 aromatic heterocycles. The molecule has 0 heterocycles. The first-order valence-corrected chi connectivity index (χ1v) is 4.05. The van der Waals surface area contributed by atoms with Gasteiger partial charge in [0, 0.05) is 0 Å². The Kier molecular flexibility index (Phi) is 5.53. The van der Waals surface area contributed by atoms with Gasteiger partial charge in [-0.2, -0.15) is 0 Å². The van der Waals surface area contributed by atoms with E-state index in [1.54, 1.807) is 0 Å². The van der Waals surface area contributed by atoms with Gasteiger partial charge in [-0.3, -0.25) is 0 Å². The van der Waals surface area contributed by atoms with Crippen LogP contribution in [0.1, 0.15) is 33.1 Å². The summed E-state index contributed by atoms with van der Waals surface area (Å²) in [5.41, 5.74) is 0.896. The lowest BCUT2D eigenvalue weighted by Gasteiger charge is -2.06. The van der Waals surface area contributed by atoms with Gasteiger partial charge in [-0.25, -0.2) is 0 Å². The Hall–Kier alpha value is -0.790. The summed E-state index contributed by atoms with van der Waals surface area (Å²) < 4.78 is 0. The van der Waals surface area contributed by atoms with Gasteiger partial charge in [-0.1, -0.05) is 32.0 Å². The van der Waals surface area contributed by atoms with Gasteiger partial charge in [0.1, 0.15) is 0 Å². The van der Waals surface area contributed by atoms with Crippen LogP contribution in [0.15, 0.2) is 17.3 Å². The Morgan fingerprint density at radius 2 is 2.36 bits per heavy atom. The minimum Gasteiger partial charge on any atom is -0.411 e. The zero-order chi connectivity index (χ0) is 8.69. The highest BCUT2D eigenvalue weighted by Crippen LogP contribution is 2.12. The van der Waals surface area contributed by atoms with E-state index < -0.39 is 0 Å². The second kappa shape index (κ2) is 5.96. The van der Waals surface area contributed by atoms with Crippen LogP contribution in [0.3, 0.4) is 0 Å². The molecule has 0 amide bonds. The van der Waals surface area contributed by atoms with E-state index in [0.717, 1.165) is 24.3 Å². The van der Waals surface area contributed by atoms with Crippen LogP contribution < -0.4 is 0 Å². The van der Waals surface area contributed by atoms with E-state index in [2.05, 4.69) is 25.6 Å². The molecule has 0 spiro atoms. The lowest BCUT2D eigenvalue weighted by Crippen LogP contribution is -1.93. The minimum absolute atomic E-state index is 0.735. The van der Waals surface area contributed by atoms with Crippen molar-refractivity contribution in [1.82, 2.24) is 0 Å². The largest absolute Gasteiger partial charge is 0.411 e. The van der Waals surface area contributed by atoms with Crippen LogP contribution in [0.4, 0.5) is 0 Å². The standard InChI is InChI=1S/C9H17NO/c1-4-8(2)5-6-9(3)7-10-11/h7-8,11H,3-6H2,1-2H3/b10-7+/t8-/m0/s1. The fourth-order valence-corrected chi connectivity index (χ4v) is 0.782. The van der Waals surface area contributed by atoms with E-state index in [-0.39, 0.29) is 0 Å². The maximum Gasteiger partial charge on any atom is 0.0687 e. The van der Waals surface area contributed by atoms with Crippen LogP contribution in [-0.2, 0) is 0 Å². The number of hydrogen-bond donors (Lipinski definition) is 1. The quantitative estimate of drug-likeness (QED) is 0.369. The molecule has 0 bridgehead atoms. The Labute approximate surface area is 68.6 Å². The number of nitrogens with zero attached hydrogens (tertiary/aromatic N) is 1. The third-order valence-corrected chi connectivity index (χ3v) is 1.90. The average Bonchev–Trinajstić information content (AvgIpc) is 2.01. The summed E-state index contributed by atoms with van der Waals surface area (Å²) in [5, 5.41) is 11.1. The monoisotopic (exact) mass is 155 g/mol. The molecule has 64 valence electrons. The summed E-state index contributed by atoms with van der Waals surface area (Å²) in [6.07, 6.45) is 4.66. The average molecular weight is 155 g/mol. The zero-order valence-corrected chi connectivity index (χ0v) is 7.38. The van der Waals surface area contributed by atoms with Crippen LogP contribution >= 0.6 is 0 Å². The van der Waals surface area contributed by atoms with Crippen LogP contribution in [-0.4, -0.2) is 11.4 Å². The van der Waals surface area contributed by atoms with E-state index in [0.29, 0.717) is 0 Å². The summed E-state index contributed by atoms with van der Waals surface area (Å²) in [6.45, 7) is 8.13. The smallest absolute Gasteiger partial charge is 0.0687 e. The second-order valence-electron chi connectivity index (χ2n) is 2.95.